The van der Waals surface area contributed by atoms with Crippen LogP contribution in [0.1, 0.15) is 32.1 Å². The van der Waals surface area contributed by atoms with Crippen LogP contribution in [0.4, 0.5) is 5.69 Å². The van der Waals surface area contributed by atoms with Gasteiger partial charge >= 0.3 is 0 Å². The molecule has 1 saturated carbocycles. The van der Waals surface area contributed by atoms with E-state index < -0.39 is 0 Å². The molecule has 0 aliphatic heterocycles. The lowest BCUT2D eigenvalue weighted by atomic mass is 9.96. The van der Waals surface area contributed by atoms with Crippen molar-refractivity contribution >= 4 is 43.5 Å². The van der Waals surface area contributed by atoms with Crippen LogP contribution >= 0.6 is 31.9 Å². The van der Waals surface area contributed by atoms with Crippen molar-refractivity contribution in [2.45, 2.75) is 38.1 Å². The molecule has 0 bridgehead atoms. The normalized spacial score (nSPS) is 17.3. The molecule has 19 heavy (non-hydrogen) atoms. The first-order chi connectivity index (χ1) is 9.19. The van der Waals surface area contributed by atoms with E-state index in [1.165, 1.54) is 19.3 Å². The molecule has 0 atom stereocenters. The number of rotatable bonds is 2. The molecule has 1 aromatic carbocycles. The summed E-state index contributed by atoms with van der Waals surface area (Å²) in [7, 11) is 0. The highest BCUT2D eigenvalue weighted by molar-refractivity contribution is 9.11. The van der Waals surface area contributed by atoms with Gasteiger partial charge in [0.05, 0.1) is 11.7 Å². The fourth-order valence-electron chi connectivity index (χ4n) is 2.22. The third-order valence-electron chi connectivity index (χ3n) is 3.20. The number of halogens is 2. The molecular formula is C13H18Br2N4. The van der Waals surface area contributed by atoms with Crippen LogP contribution in [-0.2, 0) is 0 Å². The molecular weight excluding hydrogens is 372 g/mol. The number of nitrogens with one attached hydrogen (secondary N) is 2. The van der Waals surface area contributed by atoms with Gasteiger partial charge in [-0.3, -0.25) is 5.43 Å². The van der Waals surface area contributed by atoms with Crippen LogP contribution in [0.2, 0.25) is 0 Å². The zero-order valence-corrected chi connectivity index (χ0v) is 13.8. The van der Waals surface area contributed by atoms with E-state index >= 15 is 0 Å². The average Bonchev–Trinajstić information content (AvgIpc) is 2.43. The molecule has 4 N–H and O–H groups in total. The molecule has 0 spiro atoms. The molecule has 1 aromatic rings. The first kappa shape index (κ1) is 14.8. The van der Waals surface area contributed by atoms with Gasteiger partial charge in [0.25, 0.3) is 0 Å². The number of hydrogen-bond donors (Lipinski definition) is 3. The van der Waals surface area contributed by atoms with E-state index in [2.05, 4.69) is 47.6 Å². The smallest absolute Gasteiger partial charge is 0.210 e. The van der Waals surface area contributed by atoms with Crippen LogP contribution < -0.4 is 16.6 Å². The van der Waals surface area contributed by atoms with Gasteiger partial charge in [-0.1, -0.05) is 35.2 Å². The van der Waals surface area contributed by atoms with Gasteiger partial charge in [0.1, 0.15) is 0 Å². The van der Waals surface area contributed by atoms with Gasteiger partial charge in [0.2, 0.25) is 5.96 Å². The molecule has 104 valence electrons. The van der Waals surface area contributed by atoms with E-state index in [1.54, 1.807) is 0 Å². The van der Waals surface area contributed by atoms with Crippen molar-refractivity contribution in [1.82, 2.24) is 5.43 Å². The summed E-state index contributed by atoms with van der Waals surface area (Å²) in [5.41, 5.74) is 3.58. The summed E-state index contributed by atoms with van der Waals surface area (Å²) in [6, 6.07) is 6.31. The Hall–Kier alpha value is -0.590. The second-order valence-corrected chi connectivity index (χ2v) is 6.43. The molecule has 1 fully saturated rings. The first-order valence-corrected chi connectivity index (χ1v) is 8.04. The predicted molar refractivity (Wildman–Crippen MR) is 87.1 cm³/mol. The molecule has 0 radical (unpaired) electrons. The van der Waals surface area contributed by atoms with E-state index in [1.807, 2.05) is 18.2 Å². The number of anilines is 1. The number of aliphatic imine (C=N–C) groups is 1. The molecule has 0 amide bonds. The minimum Gasteiger partial charge on any atom is -0.324 e. The lowest BCUT2D eigenvalue weighted by Crippen LogP contribution is -2.37. The Morgan fingerprint density at radius 1 is 1.21 bits per heavy atom. The summed E-state index contributed by atoms with van der Waals surface area (Å²) in [6.07, 6.45) is 6.13. The molecule has 0 saturated heterocycles. The molecule has 2 rings (SSSR count). The van der Waals surface area contributed by atoms with Crippen molar-refractivity contribution in [1.29, 1.82) is 0 Å². The minimum absolute atomic E-state index is 0.373. The Morgan fingerprint density at radius 3 is 2.63 bits per heavy atom. The molecule has 0 unspecified atom stereocenters. The van der Waals surface area contributed by atoms with Gasteiger partial charge in [-0.05, 0) is 47.0 Å². The number of nitrogens with two attached hydrogens (primary N) is 1. The van der Waals surface area contributed by atoms with Crippen molar-refractivity contribution in [3.8, 4) is 0 Å². The maximum atomic E-state index is 5.56. The molecule has 0 heterocycles. The van der Waals surface area contributed by atoms with E-state index in [0.717, 1.165) is 27.5 Å². The zero-order valence-electron chi connectivity index (χ0n) is 10.6. The number of nitrogens with zero attached hydrogens (tertiary/aromatic N) is 1. The Morgan fingerprint density at radius 2 is 1.95 bits per heavy atom. The van der Waals surface area contributed by atoms with Crippen LogP contribution in [0.25, 0.3) is 0 Å². The van der Waals surface area contributed by atoms with Crippen LogP contribution in [-0.4, -0.2) is 12.0 Å². The summed E-state index contributed by atoms with van der Waals surface area (Å²) in [4.78, 5) is 4.65. The van der Waals surface area contributed by atoms with Crippen molar-refractivity contribution in [3.63, 3.8) is 0 Å². The van der Waals surface area contributed by atoms with Crippen LogP contribution in [0.15, 0.2) is 32.1 Å². The zero-order chi connectivity index (χ0) is 13.7. The fourth-order valence-corrected chi connectivity index (χ4v) is 2.93. The largest absolute Gasteiger partial charge is 0.324 e. The van der Waals surface area contributed by atoms with Gasteiger partial charge in [-0.2, -0.15) is 0 Å². The lowest BCUT2D eigenvalue weighted by molar-refractivity contribution is 0.442. The highest BCUT2D eigenvalue weighted by Crippen LogP contribution is 2.26. The summed E-state index contributed by atoms with van der Waals surface area (Å²) in [6.45, 7) is 0. The van der Waals surface area contributed by atoms with Crippen molar-refractivity contribution in [3.05, 3.63) is 27.1 Å². The van der Waals surface area contributed by atoms with Crippen molar-refractivity contribution < 1.29 is 0 Å². The molecule has 6 heteroatoms. The number of guanidine groups is 1. The molecule has 1 aliphatic rings. The monoisotopic (exact) mass is 388 g/mol. The maximum Gasteiger partial charge on any atom is 0.210 e. The van der Waals surface area contributed by atoms with Gasteiger partial charge in [-0.15, -0.1) is 0 Å². The molecule has 0 aromatic heterocycles. The van der Waals surface area contributed by atoms with Gasteiger partial charge in [-0.25, -0.2) is 10.8 Å². The SMILES string of the molecule is NNC(=NC1CCCCC1)Nc1cc(Br)ccc1Br. The standard InChI is InChI=1S/C13H18Br2N4/c14-9-6-7-11(15)12(8-9)18-13(19-16)17-10-4-2-1-3-5-10/h6-8,10H,1-5,16H2,(H2,17,18,19). The maximum absolute atomic E-state index is 5.56. The predicted octanol–water partition coefficient (Wildman–Crippen LogP) is 3.78. The van der Waals surface area contributed by atoms with E-state index in [0.29, 0.717) is 12.0 Å². The number of hydrogen-bond acceptors (Lipinski definition) is 2. The van der Waals surface area contributed by atoms with Gasteiger partial charge in [0.15, 0.2) is 0 Å². The lowest BCUT2D eigenvalue weighted by Gasteiger charge is -2.20. The second-order valence-electron chi connectivity index (χ2n) is 4.66. The number of benzene rings is 1. The third kappa shape index (κ3) is 4.47. The quantitative estimate of drug-likeness (QED) is 0.312. The van der Waals surface area contributed by atoms with E-state index in [9.17, 15) is 0 Å². The first-order valence-electron chi connectivity index (χ1n) is 6.45. The summed E-state index contributed by atoms with van der Waals surface area (Å²) in [5.74, 6) is 6.17. The second kappa shape index (κ2) is 7.26. The Kier molecular flexibility index (Phi) is 5.66. The molecule has 4 nitrogen and oxygen atoms in total. The van der Waals surface area contributed by atoms with E-state index in [4.69, 9.17) is 5.84 Å². The number of hydrazine groups is 1. The highest BCUT2D eigenvalue weighted by Gasteiger charge is 2.13. The summed E-state index contributed by atoms with van der Waals surface area (Å²) < 4.78 is 1.98. The summed E-state index contributed by atoms with van der Waals surface area (Å²) in [5, 5.41) is 3.22. The fraction of sp³-hybridized carbons (Fsp3) is 0.462. The third-order valence-corrected chi connectivity index (χ3v) is 4.39. The van der Waals surface area contributed by atoms with Crippen molar-refractivity contribution in [2.75, 3.05) is 5.32 Å². The average molecular weight is 390 g/mol. The van der Waals surface area contributed by atoms with Gasteiger partial charge in [0, 0.05) is 8.95 Å². The Bertz CT molecular complexity index is 456. The van der Waals surface area contributed by atoms with Crippen LogP contribution in [0.3, 0.4) is 0 Å². The minimum atomic E-state index is 0.373. The van der Waals surface area contributed by atoms with Crippen molar-refractivity contribution in [2.24, 2.45) is 10.8 Å². The summed E-state index contributed by atoms with van der Waals surface area (Å²) >= 11 is 6.96. The van der Waals surface area contributed by atoms with Gasteiger partial charge < -0.3 is 5.32 Å². The molecule has 1 aliphatic carbocycles. The topological polar surface area (TPSA) is 62.4 Å². The van der Waals surface area contributed by atoms with Crippen LogP contribution in [0, 0.1) is 0 Å². The van der Waals surface area contributed by atoms with Crippen LogP contribution in [0.5, 0.6) is 0 Å². The highest BCUT2D eigenvalue weighted by atomic mass is 79.9. The Labute approximate surface area is 130 Å². The Balaban J connectivity index is 2.09. The van der Waals surface area contributed by atoms with E-state index in [-0.39, 0.29) is 0 Å².